The number of carboxylic acids is 1. The van der Waals surface area contributed by atoms with E-state index >= 15 is 0 Å². The molecule has 0 aliphatic heterocycles. The molecule has 0 fully saturated rings. The molecular weight excluding hydrogens is 218 g/mol. The van der Waals surface area contributed by atoms with Gasteiger partial charge in [0.1, 0.15) is 11.1 Å². The molecule has 1 aromatic carbocycles. The lowest BCUT2D eigenvalue weighted by atomic mass is 10.1. The summed E-state index contributed by atoms with van der Waals surface area (Å²) in [6.45, 7) is 3.74. The predicted molar refractivity (Wildman–Crippen MR) is 64.8 cm³/mol. The van der Waals surface area contributed by atoms with E-state index < -0.39 is 11.5 Å². The molecule has 1 aromatic heterocycles. The van der Waals surface area contributed by atoms with Gasteiger partial charge >= 0.3 is 5.97 Å². The van der Waals surface area contributed by atoms with Crippen molar-refractivity contribution in [1.82, 2.24) is 5.32 Å². The quantitative estimate of drug-likeness (QED) is 0.851. The minimum atomic E-state index is -0.946. The molecule has 0 atom stereocenters. The van der Waals surface area contributed by atoms with Crippen molar-refractivity contribution >= 4 is 16.9 Å². The summed E-state index contributed by atoms with van der Waals surface area (Å²) in [6, 6.07) is 7.69. The Balaban J connectivity index is 2.17. The molecule has 17 heavy (non-hydrogen) atoms. The van der Waals surface area contributed by atoms with Crippen LogP contribution in [0.5, 0.6) is 0 Å². The van der Waals surface area contributed by atoms with Gasteiger partial charge in [0.05, 0.1) is 6.26 Å². The van der Waals surface area contributed by atoms with Gasteiger partial charge in [0, 0.05) is 17.5 Å². The Labute approximate surface area is 99.2 Å². The zero-order valence-electron chi connectivity index (χ0n) is 9.86. The van der Waals surface area contributed by atoms with Crippen LogP contribution in [0, 0.1) is 0 Å². The summed E-state index contributed by atoms with van der Waals surface area (Å²) < 4.78 is 5.39. The van der Waals surface area contributed by atoms with E-state index in [0.29, 0.717) is 6.54 Å². The molecule has 2 N–H and O–H groups in total. The largest absolute Gasteiger partial charge is 0.480 e. The Bertz CT molecular complexity index is 542. The topological polar surface area (TPSA) is 62.5 Å². The third-order valence-corrected chi connectivity index (χ3v) is 2.82. The minimum Gasteiger partial charge on any atom is -0.480 e. The summed E-state index contributed by atoms with van der Waals surface area (Å²) in [5.41, 5.74) is 0.839. The molecule has 0 radical (unpaired) electrons. The maximum Gasteiger partial charge on any atom is 0.323 e. The van der Waals surface area contributed by atoms with Gasteiger partial charge in [-0.3, -0.25) is 10.1 Å². The van der Waals surface area contributed by atoms with Crippen LogP contribution >= 0.6 is 0 Å². The fraction of sp³-hybridized carbons (Fsp3) is 0.308. The zero-order chi connectivity index (χ0) is 12.5. The van der Waals surface area contributed by atoms with E-state index in [1.54, 1.807) is 20.1 Å². The van der Waals surface area contributed by atoms with Crippen LogP contribution in [-0.2, 0) is 11.3 Å². The Morgan fingerprint density at radius 1 is 1.41 bits per heavy atom. The van der Waals surface area contributed by atoms with Crippen LogP contribution in [0.2, 0.25) is 0 Å². The van der Waals surface area contributed by atoms with Gasteiger partial charge in [-0.05, 0) is 19.9 Å². The fourth-order valence-electron chi connectivity index (χ4n) is 1.56. The van der Waals surface area contributed by atoms with Crippen molar-refractivity contribution < 1.29 is 14.3 Å². The van der Waals surface area contributed by atoms with Crippen LogP contribution in [0.3, 0.4) is 0 Å². The van der Waals surface area contributed by atoms with Crippen LogP contribution in [0.1, 0.15) is 19.4 Å². The van der Waals surface area contributed by atoms with Gasteiger partial charge in [0.25, 0.3) is 0 Å². The molecular formula is C13H15NO3. The second kappa shape index (κ2) is 4.22. The number of hydrogen-bond donors (Lipinski definition) is 2. The van der Waals surface area contributed by atoms with Crippen molar-refractivity contribution in [3.05, 3.63) is 36.1 Å². The van der Waals surface area contributed by atoms with Gasteiger partial charge in [0.2, 0.25) is 0 Å². The predicted octanol–water partition coefficient (Wildman–Crippen LogP) is 2.39. The Morgan fingerprint density at radius 2 is 2.12 bits per heavy atom. The summed E-state index contributed by atoms with van der Waals surface area (Å²) >= 11 is 0. The molecule has 2 rings (SSSR count). The second-order valence-corrected chi connectivity index (χ2v) is 4.54. The first-order chi connectivity index (χ1) is 8.00. The number of aliphatic carboxylic acids is 1. The highest BCUT2D eigenvalue weighted by molar-refractivity contribution is 5.81. The molecule has 4 nitrogen and oxygen atoms in total. The molecule has 4 heteroatoms. The first kappa shape index (κ1) is 11.7. The van der Waals surface area contributed by atoms with Crippen molar-refractivity contribution in [3.63, 3.8) is 0 Å². The molecule has 0 bridgehead atoms. The van der Waals surface area contributed by atoms with E-state index in [4.69, 9.17) is 9.52 Å². The number of nitrogens with one attached hydrogen (secondary N) is 1. The van der Waals surface area contributed by atoms with Crippen LogP contribution in [0.15, 0.2) is 34.9 Å². The standard InChI is InChI=1S/C13H15NO3/c1-13(2,12(15)16)14-7-9-8-17-11-6-4-3-5-10(9)11/h3-6,8,14H,7H2,1-2H3,(H,15,16). The lowest BCUT2D eigenvalue weighted by molar-refractivity contribution is -0.143. The van der Waals surface area contributed by atoms with Gasteiger partial charge in [-0.15, -0.1) is 0 Å². The smallest absolute Gasteiger partial charge is 0.323 e. The van der Waals surface area contributed by atoms with Gasteiger partial charge in [-0.1, -0.05) is 18.2 Å². The maximum absolute atomic E-state index is 11.0. The van der Waals surface area contributed by atoms with E-state index in [2.05, 4.69) is 5.32 Å². The van der Waals surface area contributed by atoms with Crippen molar-refractivity contribution in [3.8, 4) is 0 Å². The lowest BCUT2D eigenvalue weighted by Gasteiger charge is -2.20. The summed E-state index contributed by atoms with van der Waals surface area (Å²) in [7, 11) is 0. The number of fused-ring (bicyclic) bond motifs is 1. The molecule has 1 heterocycles. The van der Waals surface area contributed by atoms with E-state index in [-0.39, 0.29) is 0 Å². The van der Waals surface area contributed by atoms with E-state index in [9.17, 15) is 4.79 Å². The maximum atomic E-state index is 11.0. The van der Waals surface area contributed by atoms with Gasteiger partial charge in [-0.25, -0.2) is 0 Å². The number of rotatable bonds is 4. The summed E-state index contributed by atoms with van der Waals surface area (Å²) in [5.74, 6) is -0.870. The number of para-hydroxylation sites is 1. The molecule has 0 aliphatic rings. The number of benzene rings is 1. The molecule has 0 saturated heterocycles. The summed E-state index contributed by atoms with van der Waals surface area (Å²) in [5, 5.41) is 13.0. The van der Waals surface area contributed by atoms with Crippen LogP contribution in [0.4, 0.5) is 0 Å². The third-order valence-electron chi connectivity index (χ3n) is 2.82. The summed E-state index contributed by atoms with van der Waals surface area (Å²) in [4.78, 5) is 11.0. The Kier molecular flexibility index (Phi) is 2.90. The normalized spacial score (nSPS) is 11.9. The first-order valence-corrected chi connectivity index (χ1v) is 5.44. The second-order valence-electron chi connectivity index (χ2n) is 4.54. The number of carboxylic acid groups (broad SMARTS) is 1. The number of carbonyl (C=O) groups is 1. The minimum absolute atomic E-state index is 0.469. The van der Waals surface area contributed by atoms with Crippen molar-refractivity contribution in [2.45, 2.75) is 25.9 Å². The first-order valence-electron chi connectivity index (χ1n) is 5.44. The van der Waals surface area contributed by atoms with E-state index in [0.717, 1.165) is 16.5 Å². The molecule has 90 valence electrons. The van der Waals surface area contributed by atoms with Crippen molar-refractivity contribution in [2.75, 3.05) is 0 Å². The van der Waals surface area contributed by atoms with Crippen LogP contribution < -0.4 is 5.32 Å². The van der Waals surface area contributed by atoms with Crippen molar-refractivity contribution in [1.29, 1.82) is 0 Å². The molecule has 0 unspecified atom stereocenters. The fourth-order valence-corrected chi connectivity index (χ4v) is 1.56. The molecule has 0 amide bonds. The summed E-state index contributed by atoms with van der Waals surface area (Å²) in [6.07, 6.45) is 1.66. The SMILES string of the molecule is CC(C)(NCc1coc2ccccc12)C(=O)O. The van der Waals surface area contributed by atoms with E-state index in [1.165, 1.54) is 0 Å². The highest BCUT2D eigenvalue weighted by atomic mass is 16.4. The Hall–Kier alpha value is -1.81. The zero-order valence-corrected chi connectivity index (χ0v) is 9.86. The monoisotopic (exact) mass is 233 g/mol. The van der Waals surface area contributed by atoms with Crippen LogP contribution in [0.25, 0.3) is 11.0 Å². The molecule has 0 saturated carbocycles. The van der Waals surface area contributed by atoms with Gasteiger partial charge in [-0.2, -0.15) is 0 Å². The molecule has 2 aromatic rings. The number of furan rings is 1. The Morgan fingerprint density at radius 3 is 2.82 bits per heavy atom. The van der Waals surface area contributed by atoms with Gasteiger partial charge < -0.3 is 9.52 Å². The average molecular weight is 233 g/mol. The highest BCUT2D eigenvalue weighted by Crippen LogP contribution is 2.21. The highest BCUT2D eigenvalue weighted by Gasteiger charge is 2.26. The van der Waals surface area contributed by atoms with E-state index in [1.807, 2.05) is 24.3 Å². The molecule has 0 spiro atoms. The third kappa shape index (κ3) is 2.31. The lowest BCUT2D eigenvalue weighted by Crippen LogP contribution is -2.46. The average Bonchev–Trinajstić information content (AvgIpc) is 2.69. The van der Waals surface area contributed by atoms with Crippen LogP contribution in [-0.4, -0.2) is 16.6 Å². The van der Waals surface area contributed by atoms with Gasteiger partial charge in [0.15, 0.2) is 0 Å². The molecule has 0 aliphatic carbocycles. The number of hydrogen-bond acceptors (Lipinski definition) is 3. The van der Waals surface area contributed by atoms with Crippen molar-refractivity contribution in [2.24, 2.45) is 0 Å².